The highest BCUT2D eigenvalue weighted by atomic mass is 32.2. The van der Waals surface area contributed by atoms with Crippen LogP contribution < -0.4 is 0 Å². The average molecular weight is 228 g/mol. The Labute approximate surface area is 81.0 Å². The topological polar surface area (TPSA) is 0 Å². The van der Waals surface area contributed by atoms with Crippen LogP contribution in [0.4, 0.5) is 17.1 Å². The molecule has 0 aliphatic heterocycles. The minimum absolute atomic E-state index is 0.00942. The van der Waals surface area contributed by atoms with Crippen molar-refractivity contribution in [3.8, 4) is 0 Å². The zero-order valence-electron chi connectivity index (χ0n) is 6.14. The normalized spacial score (nSPS) is 11.7. The van der Waals surface area contributed by atoms with Gasteiger partial charge in [-0.05, 0) is 23.9 Å². The maximum absolute atomic E-state index is 12.1. The van der Waals surface area contributed by atoms with Gasteiger partial charge in [0.1, 0.15) is 0 Å². The largest absolute Gasteiger partial charge is 0.446 e. The quantitative estimate of drug-likeness (QED) is 0.547. The number of alkyl halides is 3. The van der Waals surface area contributed by atoms with Gasteiger partial charge in [0.15, 0.2) is 0 Å². The van der Waals surface area contributed by atoms with Crippen LogP contribution in [-0.2, 0) is 0 Å². The van der Waals surface area contributed by atoms with Crippen LogP contribution in [0.15, 0.2) is 34.1 Å². The minimum Gasteiger partial charge on any atom is -0.160 e. The summed E-state index contributed by atoms with van der Waals surface area (Å²) in [4.78, 5) is -0.118. The van der Waals surface area contributed by atoms with Gasteiger partial charge in [-0.3, -0.25) is 0 Å². The summed E-state index contributed by atoms with van der Waals surface area (Å²) in [6.45, 7) is 0. The molecule has 0 fully saturated rings. The molecule has 0 amide bonds. The van der Waals surface area contributed by atoms with Crippen LogP contribution in [0, 0.1) is 0 Å². The molecule has 1 rings (SSSR count). The second kappa shape index (κ2) is 4.23. The summed E-state index contributed by atoms with van der Waals surface area (Å²) in [7, 11) is 0. The summed E-state index contributed by atoms with van der Waals surface area (Å²) in [6, 6.07) is 5.47. The molecule has 0 aliphatic rings. The van der Waals surface area contributed by atoms with Crippen molar-refractivity contribution in [2.45, 2.75) is 15.3 Å². The van der Waals surface area contributed by atoms with E-state index < -0.39 is 5.51 Å². The Hall–Kier alpha value is -0.360. The van der Waals surface area contributed by atoms with E-state index in [0.29, 0.717) is 0 Å². The molecule has 0 spiro atoms. The van der Waals surface area contributed by atoms with Crippen LogP contribution in [0.1, 0.15) is 0 Å². The predicted molar refractivity (Wildman–Crippen MR) is 45.3 cm³/mol. The monoisotopic (exact) mass is 228 g/mol. The highest BCUT2D eigenvalue weighted by Gasteiger charge is 2.30. The van der Waals surface area contributed by atoms with Crippen molar-refractivity contribution < 1.29 is 17.1 Å². The van der Waals surface area contributed by atoms with Crippen molar-refractivity contribution in [3.05, 3.63) is 24.3 Å². The molecule has 0 N–H and O–H groups in total. The Kier molecular flexibility index (Phi) is 3.49. The fraction of sp³-hybridized carbons (Fsp3) is 0.143. The molecule has 0 saturated heterocycles. The van der Waals surface area contributed by atoms with Gasteiger partial charge in [0, 0.05) is 4.90 Å². The molecule has 0 saturated carbocycles. The van der Waals surface area contributed by atoms with Crippen LogP contribution in [0.25, 0.3) is 0 Å². The molecule has 1 aromatic carbocycles. The van der Waals surface area contributed by atoms with Gasteiger partial charge in [-0.25, -0.2) is 0 Å². The number of rotatable bonds is 2. The van der Waals surface area contributed by atoms with Crippen molar-refractivity contribution in [2.75, 3.05) is 0 Å². The molecule has 0 aliphatic carbocycles. The van der Waals surface area contributed by atoms with Crippen LogP contribution in [-0.4, -0.2) is 5.51 Å². The minimum atomic E-state index is -4.37. The SMILES string of the molecule is FSc1ccccc1SC(F)(F)F. The zero-order valence-corrected chi connectivity index (χ0v) is 7.77. The van der Waals surface area contributed by atoms with Gasteiger partial charge in [0.05, 0.1) is 17.0 Å². The van der Waals surface area contributed by atoms with Gasteiger partial charge in [-0.1, -0.05) is 12.1 Å². The molecule has 0 bridgehead atoms. The standard InChI is InChI=1S/C7H4F4S2/c8-7(9,10)12-5-3-1-2-4-6(5)13-11/h1-4H. The number of hydrogen-bond acceptors (Lipinski definition) is 2. The second-order valence-electron chi connectivity index (χ2n) is 2.07. The summed E-state index contributed by atoms with van der Waals surface area (Å²) in [5.41, 5.74) is -4.37. The molecule has 0 unspecified atom stereocenters. The van der Waals surface area contributed by atoms with E-state index >= 15 is 0 Å². The summed E-state index contributed by atoms with van der Waals surface area (Å²) < 4.78 is 47.8. The molecule has 0 heterocycles. The fourth-order valence-electron chi connectivity index (χ4n) is 0.723. The lowest BCUT2D eigenvalue weighted by Gasteiger charge is -2.07. The van der Waals surface area contributed by atoms with E-state index in [-0.39, 0.29) is 33.7 Å². The van der Waals surface area contributed by atoms with Crippen molar-refractivity contribution in [2.24, 2.45) is 0 Å². The van der Waals surface area contributed by atoms with Crippen LogP contribution in [0.3, 0.4) is 0 Å². The van der Waals surface area contributed by atoms with E-state index in [1.54, 1.807) is 0 Å². The summed E-state index contributed by atoms with van der Waals surface area (Å²) in [5.74, 6) is 0. The van der Waals surface area contributed by atoms with Gasteiger partial charge in [-0.15, -0.1) is 0 Å². The van der Waals surface area contributed by atoms with Crippen molar-refractivity contribution in [3.63, 3.8) is 0 Å². The Morgan fingerprint density at radius 2 is 1.54 bits per heavy atom. The first kappa shape index (κ1) is 10.7. The Morgan fingerprint density at radius 1 is 1.00 bits per heavy atom. The maximum Gasteiger partial charge on any atom is 0.446 e. The van der Waals surface area contributed by atoms with Gasteiger partial charge in [-0.2, -0.15) is 17.1 Å². The Bertz CT molecular complexity index is 284. The third kappa shape index (κ3) is 3.48. The Balaban J connectivity index is 2.87. The van der Waals surface area contributed by atoms with Crippen LogP contribution in [0.2, 0.25) is 0 Å². The van der Waals surface area contributed by atoms with Crippen molar-refractivity contribution in [1.29, 1.82) is 0 Å². The number of hydrogen-bond donors (Lipinski definition) is 0. The lowest BCUT2D eigenvalue weighted by atomic mass is 10.4. The molecule has 1 aromatic rings. The zero-order chi connectivity index (χ0) is 9.90. The highest BCUT2D eigenvalue weighted by molar-refractivity contribution is 8.01. The van der Waals surface area contributed by atoms with Gasteiger partial charge in [0.2, 0.25) is 0 Å². The van der Waals surface area contributed by atoms with E-state index in [2.05, 4.69) is 0 Å². The molecular formula is C7H4F4S2. The number of halogens is 4. The molecule has 13 heavy (non-hydrogen) atoms. The fourth-order valence-corrected chi connectivity index (χ4v) is 1.78. The van der Waals surface area contributed by atoms with Gasteiger partial charge in [0.25, 0.3) is 0 Å². The number of thioether (sulfide) groups is 1. The highest BCUT2D eigenvalue weighted by Crippen LogP contribution is 2.41. The Morgan fingerprint density at radius 3 is 2.00 bits per heavy atom. The average Bonchev–Trinajstić information content (AvgIpc) is 2.02. The first-order chi connectivity index (χ1) is 6.03. The maximum atomic E-state index is 12.1. The van der Waals surface area contributed by atoms with E-state index in [4.69, 9.17) is 0 Å². The second-order valence-corrected chi connectivity index (χ2v) is 3.77. The molecular weight excluding hydrogens is 224 g/mol. The molecule has 0 aromatic heterocycles. The van der Waals surface area contributed by atoms with E-state index in [9.17, 15) is 17.1 Å². The van der Waals surface area contributed by atoms with Crippen molar-refractivity contribution >= 4 is 23.9 Å². The van der Waals surface area contributed by atoms with Crippen LogP contribution >= 0.6 is 23.9 Å². The molecule has 0 atom stereocenters. The third-order valence-electron chi connectivity index (χ3n) is 1.16. The smallest absolute Gasteiger partial charge is 0.160 e. The summed E-state index contributed by atoms with van der Waals surface area (Å²) in [6.07, 6.45) is 0. The van der Waals surface area contributed by atoms with Crippen LogP contribution in [0.5, 0.6) is 0 Å². The lowest BCUT2D eigenvalue weighted by molar-refractivity contribution is -0.0328. The first-order valence-corrected chi connectivity index (χ1v) is 4.69. The summed E-state index contributed by atoms with van der Waals surface area (Å²) >= 11 is -0.494. The third-order valence-corrected chi connectivity index (χ3v) is 2.62. The first-order valence-electron chi connectivity index (χ1n) is 3.16. The van der Waals surface area contributed by atoms with Gasteiger partial charge >= 0.3 is 5.51 Å². The molecule has 6 heteroatoms. The molecule has 0 radical (unpaired) electrons. The van der Waals surface area contributed by atoms with E-state index in [1.165, 1.54) is 24.3 Å². The molecule has 0 nitrogen and oxygen atoms in total. The predicted octanol–water partition coefficient (Wildman–Crippen LogP) is 4.28. The van der Waals surface area contributed by atoms with E-state index in [0.717, 1.165) is 0 Å². The van der Waals surface area contributed by atoms with Crippen molar-refractivity contribution in [1.82, 2.24) is 0 Å². The van der Waals surface area contributed by atoms with E-state index in [1.807, 2.05) is 0 Å². The van der Waals surface area contributed by atoms with Gasteiger partial charge < -0.3 is 0 Å². The number of benzene rings is 1. The molecule has 72 valence electrons. The summed E-state index contributed by atoms with van der Waals surface area (Å²) in [5, 5.41) is 0. The lowest BCUT2D eigenvalue weighted by Crippen LogP contribution is -1.99.